The Kier molecular flexibility index (Phi) is 4.05. The first-order chi connectivity index (χ1) is 13.3. The molecule has 1 aromatic carbocycles. The van der Waals surface area contributed by atoms with E-state index in [2.05, 4.69) is 51.1 Å². The van der Waals surface area contributed by atoms with Crippen molar-refractivity contribution in [1.82, 2.24) is 20.3 Å². The summed E-state index contributed by atoms with van der Waals surface area (Å²) in [5, 5.41) is 6.50. The first-order valence-corrected chi connectivity index (χ1v) is 9.71. The first-order valence-electron chi connectivity index (χ1n) is 9.71. The quantitative estimate of drug-likeness (QED) is 0.564. The van der Waals surface area contributed by atoms with Crippen LogP contribution >= 0.6 is 0 Å². The highest BCUT2D eigenvalue weighted by Crippen LogP contribution is 2.23. The number of para-hydroxylation sites is 1. The molecule has 0 spiro atoms. The van der Waals surface area contributed by atoms with Crippen LogP contribution in [0.25, 0.3) is 10.9 Å². The third kappa shape index (κ3) is 3.17. The van der Waals surface area contributed by atoms with Gasteiger partial charge in [-0.3, -0.25) is 4.79 Å². The molecule has 0 saturated carbocycles. The maximum absolute atomic E-state index is 12.4. The molecular formula is C21H24N5O+. The van der Waals surface area contributed by atoms with E-state index in [0.29, 0.717) is 6.42 Å². The van der Waals surface area contributed by atoms with Crippen molar-refractivity contribution >= 4 is 16.8 Å². The molecule has 27 heavy (non-hydrogen) atoms. The highest BCUT2D eigenvalue weighted by molar-refractivity contribution is 5.83. The van der Waals surface area contributed by atoms with E-state index >= 15 is 0 Å². The molecule has 3 heterocycles. The van der Waals surface area contributed by atoms with Gasteiger partial charge in [-0.05, 0) is 11.6 Å². The zero-order valence-electron chi connectivity index (χ0n) is 15.2. The van der Waals surface area contributed by atoms with E-state index < -0.39 is 0 Å². The van der Waals surface area contributed by atoms with E-state index in [-0.39, 0.29) is 11.9 Å². The Hall–Kier alpha value is -2.86. The monoisotopic (exact) mass is 362 g/mol. The zero-order chi connectivity index (χ0) is 18.2. The molecule has 1 saturated heterocycles. The van der Waals surface area contributed by atoms with Gasteiger partial charge in [0.2, 0.25) is 0 Å². The lowest BCUT2D eigenvalue weighted by atomic mass is 10.0. The zero-order valence-corrected chi connectivity index (χ0v) is 15.2. The van der Waals surface area contributed by atoms with Crippen LogP contribution in [0.15, 0.2) is 42.2 Å². The Labute approximate surface area is 157 Å². The van der Waals surface area contributed by atoms with Gasteiger partial charge in [0.25, 0.3) is 5.91 Å². The minimum absolute atomic E-state index is 0.0755. The van der Waals surface area contributed by atoms with Gasteiger partial charge in [-0.2, -0.15) is 0 Å². The minimum atomic E-state index is 0.0755. The van der Waals surface area contributed by atoms with E-state index in [1.54, 1.807) is 0 Å². The smallest absolute Gasteiger partial charge is 0.282 e. The predicted octanol–water partition coefficient (Wildman–Crippen LogP) is 1.31. The van der Waals surface area contributed by atoms with Crippen molar-refractivity contribution in [2.75, 3.05) is 6.54 Å². The second-order valence-electron chi connectivity index (χ2n) is 7.52. The van der Waals surface area contributed by atoms with Gasteiger partial charge >= 0.3 is 0 Å². The molecule has 1 atom stereocenters. The number of rotatable bonds is 4. The van der Waals surface area contributed by atoms with Gasteiger partial charge in [-0.1, -0.05) is 24.3 Å². The molecule has 6 nitrogen and oxygen atoms in total. The van der Waals surface area contributed by atoms with Gasteiger partial charge in [0.15, 0.2) is 6.04 Å². The Bertz CT molecular complexity index is 1020. The Balaban J connectivity index is 1.29. The number of aromatic amines is 2. The number of hydrogen-bond donors (Lipinski definition) is 4. The van der Waals surface area contributed by atoms with Crippen molar-refractivity contribution in [2.24, 2.45) is 0 Å². The minimum Gasteiger partial charge on any atom is -0.361 e. The molecule has 6 heteroatoms. The molecule has 3 aromatic rings. The van der Waals surface area contributed by atoms with E-state index in [9.17, 15) is 4.79 Å². The SMILES string of the molecule is O=C(NC1=CCc2nc(Cc3c[nH]c4ccccc34)[nH]c2C1)[C@@H]1CCC[NH2+]1. The molecule has 1 amide bonds. The van der Waals surface area contributed by atoms with Crippen LogP contribution in [0.5, 0.6) is 0 Å². The number of H-pyrrole nitrogens is 2. The van der Waals surface area contributed by atoms with Gasteiger partial charge in [-0.25, -0.2) is 4.98 Å². The number of aromatic nitrogens is 3. The second-order valence-corrected chi connectivity index (χ2v) is 7.52. The second kappa shape index (κ2) is 6.70. The number of imidazole rings is 1. The summed E-state index contributed by atoms with van der Waals surface area (Å²) >= 11 is 0. The lowest BCUT2D eigenvalue weighted by Gasteiger charge is -2.15. The van der Waals surface area contributed by atoms with Crippen LogP contribution in [0.4, 0.5) is 0 Å². The molecule has 5 N–H and O–H groups in total. The molecule has 0 bridgehead atoms. The molecule has 5 rings (SSSR count). The van der Waals surface area contributed by atoms with E-state index in [1.807, 2.05) is 6.07 Å². The van der Waals surface area contributed by atoms with Crippen LogP contribution < -0.4 is 10.6 Å². The van der Waals surface area contributed by atoms with Crippen LogP contribution in [0.2, 0.25) is 0 Å². The van der Waals surface area contributed by atoms with Crippen molar-refractivity contribution in [3.63, 3.8) is 0 Å². The molecule has 2 aromatic heterocycles. The van der Waals surface area contributed by atoms with Gasteiger partial charge in [-0.15, -0.1) is 0 Å². The maximum atomic E-state index is 12.4. The van der Waals surface area contributed by atoms with Crippen molar-refractivity contribution in [3.8, 4) is 0 Å². The average Bonchev–Trinajstić information content (AvgIpc) is 3.41. The molecule has 1 aliphatic heterocycles. The molecule has 0 radical (unpaired) electrons. The number of carbonyl (C=O) groups is 1. The summed E-state index contributed by atoms with van der Waals surface area (Å²) < 4.78 is 0. The normalized spacial score (nSPS) is 19.1. The number of amides is 1. The molecule has 1 fully saturated rings. The topological polar surface area (TPSA) is 90.2 Å². The molecular weight excluding hydrogens is 338 g/mol. The first kappa shape index (κ1) is 16.3. The Morgan fingerprint density at radius 2 is 2.26 bits per heavy atom. The summed E-state index contributed by atoms with van der Waals surface area (Å²) in [4.78, 5) is 24.0. The molecule has 1 aliphatic carbocycles. The van der Waals surface area contributed by atoms with Gasteiger partial charge < -0.3 is 20.6 Å². The van der Waals surface area contributed by atoms with Crippen molar-refractivity contribution in [2.45, 2.75) is 38.1 Å². The number of carbonyl (C=O) groups excluding carboxylic acids is 1. The van der Waals surface area contributed by atoms with E-state index in [1.165, 1.54) is 10.9 Å². The fourth-order valence-corrected chi connectivity index (χ4v) is 4.20. The number of nitrogens with zero attached hydrogens (tertiary/aromatic N) is 1. The van der Waals surface area contributed by atoms with E-state index in [0.717, 1.165) is 60.7 Å². The maximum Gasteiger partial charge on any atom is 0.282 e. The lowest BCUT2D eigenvalue weighted by Crippen LogP contribution is -2.89. The number of allylic oxidation sites excluding steroid dienone is 2. The summed E-state index contributed by atoms with van der Waals surface area (Å²) in [6.45, 7) is 1.05. The third-order valence-electron chi connectivity index (χ3n) is 5.65. The van der Waals surface area contributed by atoms with Crippen molar-refractivity contribution < 1.29 is 10.1 Å². The Morgan fingerprint density at radius 1 is 1.33 bits per heavy atom. The number of quaternary nitrogens is 1. The van der Waals surface area contributed by atoms with Crippen molar-refractivity contribution in [3.05, 3.63) is 65.0 Å². The van der Waals surface area contributed by atoms with Gasteiger partial charge in [0, 0.05) is 60.6 Å². The molecule has 2 aliphatic rings. The highest BCUT2D eigenvalue weighted by Gasteiger charge is 2.27. The number of fused-ring (bicyclic) bond motifs is 2. The van der Waals surface area contributed by atoms with E-state index in [4.69, 9.17) is 4.98 Å². The van der Waals surface area contributed by atoms with Crippen molar-refractivity contribution in [1.29, 1.82) is 0 Å². The lowest BCUT2D eigenvalue weighted by molar-refractivity contribution is -0.657. The number of benzene rings is 1. The standard InChI is InChI=1S/C21H23N5O/c27-21(18-6-3-9-22-18)24-14-7-8-17-19(11-14)26-20(25-17)10-13-12-23-16-5-2-1-4-15(13)16/h1-2,4-5,7,12,18,22-23H,3,6,8-11H2,(H,24,27)(H,25,26)/p+1/t18-/m0/s1. The Morgan fingerprint density at radius 3 is 3.15 bits per heavy atom. The van der Waals surface area contributed by atoms with Crippen LogP contribution in [-0.4, -0.2) is 33.4 Å². The number of nitrogens with two attached hydrogens (primary N) is 1. The van der Waals surface area contributed by atoms with Gasteiger partial charge in [0.05, 0.1) is 12.2 Å². The largest absolute Gasteiger partial charge is 0.361 e. The summed E-state index contributed by atoms with van der Waals surface area (Å²) in [5.41, 5.74) is 5.61. The third-order valence-corrected chi connectivity index (χ3v) is 5.65. The fourth-order valence-electron chi connectivity index (χ4n) is 4.20. The van der Waals surface area contributed by atoms with Gasteiger partial charge in [0.1, 0.15) is 5.82 Å². The van der Waals surface area contributed by atoms with Crippen LogP contribution in [0.1, 0.15) is 35.6 Å². The van der Waals surface area contributed by atoms with Crippen LogP contribution in [0, 0.1) is 0 Å². The fraction of sp³-hybridized carbons (Fsp3) is 0.333. The summed E-state index contributed by atoms with van der Waals surface area (Å²) in [7, 11) is 0. The summed E-state index contributed by atoms with van der Waals surface area (Å²) in [6.07, 6.45) is 8.52. The predicted molar refractivity (Wildman–Crippen MR) is 103 cm³/mol. The summed E-state index contributed by atoms with van der Waals surface area (Å²) in [6, 6.07) is 8.41. The molecule has 0 unspecified atom stereocenters. The molecule has 138 valence electrons. The summed E-state index contributed by atoms with van der Waals surface area (Å²) in [5.74, 6) is 1.12. The average molecular weight is 362 g/mol. The number of hydrogen-bond acceptors (Lipinski definition) is 2. The van der Waals surface area contributed by atoms with Crippen LogP contribution in [0.3, 0.4) is 0 Å². The highest BCUT2D eigenvalue weighted by atomic mass is 16.2. The number of nitrogens with one attached hydrogen (secondary N) is 3. The van der Waals surface area contributed by atoms with Crippen LogP contribution in [-0.2, 0) is 24.1 Å².